The summed E-state index contributed by atoms with van der Waals surface area (Å²) in [6, 6.07) is 1.80. The Morgan fingerprint density at radius 3 is 2.70 bits per heavy atom. The fraction of sp³-hybridized carbons (Fsp3) is 0.692. The molecule has 1 saturated heterocycles. The molecule has 0 unspecified atom stereocenters. The van der Waals surface area contributed by atoms with Gasteiger partial charge in [0.2, 0.25) is 0 Å². The molecular formula is C13H23N5O2. The van der Waals surface area contributed by atoms with E-state index in [0.717, 1.165) is 38.5 Å². The number of aliphatic hydroxyl groups is 1. The zero-order valence-corrected chi connectivity index (χ0v) is 12.0. The number of anilines is 2. The summed E-state index contributed by atoms with van der Waals surface area (Å²) in [4.78, 5) is 13.1. The van der Waals surface area contributed by atoms with Crippen molar-refractivity contribution < 1.29 is 9.84 Å². The Labute approximate surface area is 119 Å². The van der Waals surface area contributed by atoms with Crippen LogP contribution >= 0.6 is 0 Å². The third kappa shape index (κ3) is 4.03. The van der Waals surface area contributed by atoms with Gasteiger partial charge in [-0.05, 0) is 6.92 Å². The number of nitrogens with zero attached hydrogens (tertiary/aromatic N) is 4. The van der Waals surface area contributed by atoms with Gasteiger partial charge in [0.05, 0.1) is 6.61 Å². The highest BCUT2D eigenvalue weighted by molar-refractivity contribution is 5.47. The van der Waals surface area contributed by atoms with Gasteiger partial charge in [0.1, 0.15) is 18.2 Å². The summed E-state index contributed by atoms with van der Waals surface area (Å²) in [7, 11) is 0. The quantitative estimate of drug-likeness (QED) is 0.740. The van der Waals surface area contributed by atoms with Crippen LogP contribution in [0.4, 0.5) is 11.6 Å². The number of hydrogen-bond donors (Lipinski definition) is 2. The van der Waals surface area contributed by atoms with E-state index >= 15 is 0 Å². The molecule has 1 fully saturated rings. The van der Waals surface area contributed by atoms with E-state index < -0.39 is 0 Å². The van der Waals surface area contributed by atoms with Crippen LogP contribution in [0.1, 0.15) is 12.7 Å². The number of hydrogen-bond acceptors (Lipinski definition) is 7. The number of nitrogen functional groups attached to an aromatic ring is 1. The molecule has 0 aliphatic carbocycles. The molecule has 7 nitrogen and oxygen atoms in total. The lowest BCUT2D eigenvalue weighted by atomic mass is 10.3. The Bertz CT molecular complexity index is 421. The maximum Gasteiger partial charge on any atom is 0.158 e. The second kappa shape index (κ2) is 7.37. The van der Waals surface area contributed by atoms with Crippen molar-refractivity contribution in [1.29, 1.82) is 0 Å². The van der Waals surface area contributed by atoms with E-state index in [0.29, 0.717) is 24.9 Å². The summed E-state index contributed by atoms with van der Waals surface area (Å²) in [6.45, 7) is 7.50. The monoisotopic (exact) mass is 281 g/mol. The van der Waals surface area contributed by atoms with Crippen molar-refractivity contribution in [2.75, 3.05) is 56.6 Å². The lowest BCUT2D eigenvalue weighted by Crippen LogP contribution is -2.47. The zero-order valence-electron chi connectivity index (χ0n) is 12.0. The van der Waals surface area contributed by atoms with Crippen molar-refractivity contribution in [2.24, 2.45) is 0 Å². The highest BCUT2D eigenvalue weighted by Gasteiger charge is 2.18. The average molecular weight is 281 g/mol. The van der Waals surface area contributed by atoms with Crippen LogP contribution in [0.25, 0.3) is 0 Å². The minimum Gasteiger partial charge on any atom is -0.395 e. The fourth-order valence-corrected chi connectivity index (χ4v) is 2.26. The van der Waals surface area contributed by atoms with Gasteiger partial charge in [0.25, 0.3) is 0 Å². The largest absolute Gasteiger partial charge is 0.395 e. The van der Waals surface area contributed by atoms with Gasteiger partial charge in [-0.1, -0.05) is 0 Å². The molecule has 20 heavy (non-hydrogen) atoms. The van der Waals surface area contributed by atoms with E-state index in [-0.39, 0.29) is 6.61 Å². The Kier molecular flexibility index (Phi) is 5.51. The molecule has 0 amide bonds. The summed E-state index contributed by atoms with van der Waals surface area (Å²) in [5.41, 5.74) is 5.84. The van der Waals surface area contributed by atoms with Crippen molar-refractivity contribution >= 4 is 11.6 Å². The molecule has 0 bridgehead atoms. The lowest BCUT2D eigenvalue weighted by molar-refractivity contribution is 0.128. The van der Waals surface area contributed by atoms with E-state index in [1.54, 1.807) is 6.07 Å². The first-order valence-corrected chi connectivity index (χ1v) is 7.02. The maximum atomic E-state index is 8.95. The van der Waals surface area contributed by atoms with Gasteiger partial charge >= 0.3 is 0 Å². The van der Waals surface area contributed by atoms with Crippen molar-refractivity contribution in [1.82, 2.24) is 14.9 Å². The van der Waals surface area contributed by atoms with Crippen molar-refractivity contribution in [3.8, 4) is 0 Å². The van der Waals surface area contributed by atoms with Crippen molar-refractivity contribution in [3.05, 3.63) is 11.9 Å². The fourth-order valence-electron chi connectivity index (χ4n) is 2.26. The van der Waals surface area contributed by atoms with Gasteiger partial charge in [-0.15, -0.1) is 0 Å². The molecule has 1 aliphatic heterocycles. The number of rotatable bonds is 6. The van der Waals surface area contributed by atoms with E-state index in [1.807, 2.05) is 6.92 Å². The van der Waals surface area contributed by atoms with Crippen LogP contribution in [0.15, 0.2) is 6.07 Å². The molecule has 112 valence electrons. The SMILES string of the molecule is CCOCc1nc(N)cc(N2CCN(CCO)CC2)n1. The van der Waals surface area contributed by atoms with Crippen LogP contribution < -0.4 is 10.6 Å². The predicted octanol–water partition coefficient (Wildman–Crippen LogP) is -0.290. The number of ether oxygens (including phenoxy) is 1. The Balaban J connectivity index is 2.00. The van der Waals surface area contributed by atoms with Gasteiger partial charge in [0.15, 0.2) is 5.82 Å². The van der Waals surface area contributed by atoms with Gasteiger partial charge in [-0.3, -0.25) is 4.90 Å². The molecule has 2 rings (SSSR count). The first-order valence-electron chi connectivity index (χ1n) is 7.02. The highest BCUT2D eigenvalue weighted by atomic mass is 16.5. The number of nitrogens with two attached hydrogens (primary N) is 1. The summed E-state index contributed by atoms with van der Waals surface area (Å²) in [5, 5.41) is 8.95. The smallest absolute Gasteiger partial charge is 0.158 e. The highest BCUT2D eigenvalue weighted by Crippen LogP contribution is 2.16. The molecule has 1 aliphatic rings. The molecule has 3 N–H and O–H groups in total. The summed E-state index contributed by atoms with van der Waals surface area (Å²) in [6.07, 6.45) is 0. The average Bonchev–Trinajstić information content (AvgIpc) is 2.46. The topological polar surface area (TPSA) is 87.7 Å². The lowest BCUT2D eigenvalue weighted by Gasteiger charge is -2.35. The van der Waals surface area contributed by atoms with Gasteiger partial charge in [-0.2, -0.15) is 0 Å². The standard InChI is InChI=1S/C13H23N5O2/c1-2-20-10-12-15-11(14)9-13(16-12)18-5-3-17(4-6-18)7-8-19/h9,19H,2-8,10H2,1H3,(H2,14,15,16). The summed E-state index contributed by atoms with van der Waals surface area (Å²) < 4.78 is 5.33. The van der Waals surface area contributed by atoms with Crippen molar-refractivity contribution in [2.45, 2.75) is 13.5 Å². The molecule has 1 aromatic rings. The van der Waals surface area contributed by atoms with Crippen molar-refractivity contribution in [3.63, 3.8) is 0 Å². The molecular weight excluding hydrogens is 258 g/mol. The predicted molar refractivity (Wildman–Crippen MR) is 77.5 cm³/mol. The molecule has 0 saturated carbocycles. The van der Waals surface area contributed by atoms with Gasteiger partial charge in [0, 0.05) is 45.4 Å². The Hall–Kier alpha value is -1.44. The Morgan fingerprint density at radius 1 is 1.30 bits per heavy atom. The molecule has 0 spiro atoms. The van der Waals surface area contributed by atoms with E-state index in [4.69, 9.17) is 15.6 Å². The number of aromatic nitrogens is 2. The molecule has 0 radical (unpaired) electrons. The zero-order chi connectivity index (χ0) is 14.4. The second-order valence-corrected chi connectivity index (χ2v) is 4.76. The number of piperazine rings is 1. The number of β-amino-alcohol motifs (C(OH)–C–C–N with tert-alkyl or cyclic N) is 1. The molecule has 7 heteroatoms. The number of aliphatic hydroxyl groups excluding tert-OH is 1. The van der Waals surface area contributed by atoms with Crippen LogP contribution in [-0.4, -0.2) is 65.9 Å². The molecule has 2 heterocycles. The molecule has 1 aromatic heterocycles. The van der Waals surface area contributed by atoms with Crippen LogP contribution in [0.3, 0.4) is 0 Å². The molecule has 0 atom stereocenters. The van der Waals surface area contributed by atoms with E-state index in [2.05, 4.69) is 19.8 Å². The van der Waals surface area contributed by atoms with Crippen LogP contribution in [0.2, 0.25) is 0 Å². The van der Waals surface area contributed by atoms with Crippen LogP contribution in [0.5, 0.6) is 0 Å². The van der Waals surface area contributed by atoms with Gasteiger partial charge < -0.3 is 20.5 Å². The summed E-state index contributed by atoms with van der Waals surface area (Å²) in [5.74, 6) is 1.96. The third-order valence-electron chi connectivity index (χ3n) is 3.33. The second-order valence-electron chi connectivity index (χ2n) is 4.76. The van der Waals surface area contributed by atoms with Gasteiger partial charge in [-0.25, -0.2) is 9.97 Å². The minimum absolute atomic E-state index is 0.207. The van der Waals surface area contributed by atoms with E-state index in [9.17, 15) is 0 Å². The van der Waals surface area contributed by atoms with Crippen LogP contribution in [0, 0.1) is 0 Å². The first kappa shape index (κ1) is 15.0. The molecule has 0 aromatic carbocycles. The maximum absolute atomic E-state index is 8.95. The summed E-state index contributed by atoms with van der Waals surface area (Å²) >= 11 is 0. The van der Waals surface area contributed by atoms with E-state index in [1.165, 1.54) is 0 Å². The minimum atomic E-state index is 0.207. The van der Waals surface area contributed by atoms with Crippen LogP contribution in [-0.2, 0) is 11.3 Å². The third-order valence-corrected chi connectivity index (χ3v) is 3.33. The normalized spacial score (nSPS) is 16.6. The first-order chi connectivity index (χ1) is 9.72. The Morgan fingerprint density at radius 2 is 2.05 bits per heavy atom.